The van der Waals surface area contributed by atoms with E-state index < -0.39 is 0 Å². The maximum atomic E-state index is 13.9. The van der Waals surface area contributed by atoms with Crippen molar-refractivity contribution in [1.82, 2.24) is 9.80 Å². The van der Waals surface area contributed by atoms with Crippen LogP contribution in [0.2, 0.25) is 0 Å². The number of likely N-dealkylation sites (N-methyl/N-ethyl adjacent to an activating group) is 1. The van der Waals surface area contributed by atoms with Crippen molar-refractivity contribution >= 4 is 43.6 Å². The van der Waals surface area contributed by atoms with Gasteiger partial charge in [-0.2, -0.15) is 0 Å². The molecule has 0 saturated carbocycles. The zero-order valence-corrected chi connectivity index (χ0v) is 16.6. The second kappa shape index (κ2) is 6.76. The Hall–Kier alpha value is -2.64. The number of nitrogens with zero attached hydrogens (tertiary/aromatic N) is 3. The van der Waals surface area contributed by atoms with Crippen LogP contribution in [-0.4, -0.2) is 56.0 Å². The van der Waals surface area contributed by atoms with E-state index in [-0.39, 0.29) is 5.82 Å². The fraction of sp³-hybridized carbons (Fsp3) is 0.286. The smallest absolute Gasteiger partial charge is 0.140 e. The molecule has 5 rings (SSSR count). The maximum Gasteiger partial charge on any atom is 0.140 e. The van der Waals surface area contributed by atoms with E-state index in [1.807, 2.05) is 12.1 Å². The van der Waals surface area contributed by atoms with Gasteiger partial charge in [0.2, 0.25) is 0 Å². The summed E-state index contributed by atoms with van der Waals surface area (Å²) in [5.41, 5.74) is 2.52. The lowest BCUT2D eigenvalue weighted by atomic mass is 10.1. The van der Waals surface area contributed by atoms with Gasteiger partial charge < -0.3 is 19.9 Å². The number of amidine groups is 1. The highest BCUT2D eigenvalue weighted by Gasteiger charge is 2.28. The van der Waals surface area contributed by atoms with Crippen molar-refractivity contribution < 1.29 is 9.13 Å². The Bertz CT molecular complexity index is 1090. The van der Waals surface area contributed by atoms with Crippen LogP contribution in [0.1, 0.15) is 5.56 Å². The summed E-state index contributed by atoms with van der Waals surface area (Å²) in [6, 6.07) is 10.8. The summed E-state index contributed by atoms with van der Waals surface area (Å²) in [5.74, 6) is 1.51. The number of halogens is 1. The van der Waals surface area contributed by atoms with Gasteiger partial charge in [0.1, 0.15) is 22.4 Å². The largest absolute Gasteiger partial charge is 0.495 e. The molecule has 5 nitrogen and oxygen atoms in total. The Morgan fingerprint density at radius 3 is 2.75 bits per heavy atom. The first-order valence-electron chi connectivity index (χ1n) is 9.32. The van der Waals surface area contributed by atoms with Gasteiger partial charge in [0.05, 0.1) is 28.7 Å². The van der Waals surface area contributed by atoms with Gasteiger partial charge in [0.25, 0.3) is 0 Å². The van der Waals surface area contributed by atoms with E-state index in [1.54, 1.807) is 24.5 Å². The molecule has 2 aliphatic rings. The summed E-state index contributed by atoms with van der Waals surface area (Å²) in [6.07, 6.45) is 0. The average Bonchev–Trinajstić information content (AvgIpc) is 2.98. The predicted molar refractivity (Wildman–Crippen MR) is 113 cm³/mol. The number of hydrogen-bond acceptors (Lipinski definition) is 6. The molecular formula is C21H21FN4OS. The number of methoxy groups -OCH3 is 1. The van der Waals surface area contributed by atoms with Crippen molar-refractivity contribution in [2.45, 2.75) is 0 Å². The fourth-order valence-corrected chi connectivity index (χ4v) is 5.01. The maximum absolute atomic E-state index is 13.9. The fourth-order valence-electron chi connectivity index (χ4n) is 3.81. The molecule has 0 radical (unpaired) electrons. The molecule has 0 unspecified atom stereocenters. The summed E-state index contributed by atoms with van der Waals surface area (Å²) in [6.45, 7) is 3.80. The molecule has 1 N–H and O–H groups in total. The second-order valence-corrected chi connectivity index (χ2v) is 8.18. The quantitative estimate of drug-likeness (QED) is 0.661. The van der Waals surface area contributed by atoms with Crippen molar-refractivity contribution in [3.05, 3.63) is 47.8 Å². The van der Waals surface area contributed by atoms with Crippen LogP contribution in [0.15, 0.2) is 41.4 Å². The Labute approximate surface area is 167 Å². The lowest BCUT2D eigenvalue weighted by Gasteiger charge is -2.34. The van der Waals surface area contributed by atoms with E-state index in [0.29, 0.717) is 5.69 Å². The predicted octanol–water partition coefficient (Wildman–Crippen LogP) is 4.43. The Balaban J connectivity index is 1.74. The van der Waals surface area contributed by atoms with Gasteiger partial charge in [-0.25, -0.2) is 9.38 Å². The Morgan fingerprint density at radius 2 is 1.96 bits per heavy atom. The first-order valence-corrected chi connectivity index (χ1v) is 10.1. The second-order valence-electron chi connectivity index (χ2n) is 7.16. The molecule has 3 heterocycles. The average molecular weight is 396 g/mol. The SMILES string of the molecule is COc1cccc2c3c(sc12)Nc1cc(F)ccc1N=C3N1CCN(C)CC1. The normalized spacial score (nSPS) is 16.8. The number of aliphatic imine (C=N–C) groups is 1. The molecule has 0 atom stereocenters. The van der Waals surface area contributed by atoms with E-state index in [2.05, 4.69) is 28.2 Å². The highest BCUT2D eigenvalue weighted by Crippen LogP contribution is 2.46. The molecule has 0 spiro atoms. The molecule has 144 valence electrons. The Morgan fingerprint density at radius 1 is 1.14 bits per heavy atom. The van der Waals surface area contributed by atoms with Crippen LogP contribution < -0.4 is 10.1 Å². The monoisotopic (exact) mass is 396 g/mol. The van der Waals surface area contributed by atoms with Crippen molar-refractivity contribution in [3.63, 3.8) is 0 Å². The Kier molecular flexibility index (Phi) is 4.21. The zero-order valence-electron chi connectivity index (χ0n) is 15.8. The summed E-state index contributed by atoms with van der Waals surface area (Å²) < 4.78 is 20.6. The molecule has 28 heavy (non-hydrogen) atoms. The number of benzene rings is 2. The number of fused-ring (bicyclic) bond motifs is 4. The number of anilines is 2. The third kappa shape index (κ3) is 2.82. The van der Waals surface area contributed by atoms with E-state index in [1.165, 1.54) is 12.1 Å². The lowest BCUT2D eigenvalue weighted by Crippen LogP contribution is -2.47. The minimum absolute atomic E-state index is 0.273. The highest BCUT2D eigenvalue weighted by molar-refractivity contribution is 7.23. The molecule has 0 aliphatic carbocycles. The number of hydrogen-bond donors (Lipinski definition) is 1. The first kappa shape index (κ1) is 17.5. The van der Waals surface area contributed by atoms with Crippen LogP contribution >= 0.6 is 11.3 Å². The topological polar surface area (TPSA) is 40.1 Å². The zero-order chi connectivity index (χ0) is 19.3. The number of ether oxygens (including phenoxy) is 1. The van der Waals surface area contributed by atoms with Crippen LogP contribution in [0.3, 0.4) is 0 Å². The van der Waals surface area contributed by atoms with Crippen molar-refractivity contribution in [1.29, 1.82) is 0 Å². The van der Waals surface area contributed by atoms with Crippen LogP contribution in [0.25, 0.3) is 10.1 Å². The summed E-state index contributed by atoms with van der Waals surface area (Å²) >= 11 is 1.63. The number of nitrogens with one attached hydrogen (secondary N) is 1. The summed E-state index contributed by atoms with van der Waals surface area (Å²) in [5, 5.41) is 5.52. The van der Waals surface area contributed by atoms with E-state index in [9.17, 15) is 4.39 Å². The van der Waals surface area contributed by atoms with Crippen LogP contribution in [0.5, 0.6) is 5.75 Å². The first-order chi connectivity index (χ1) is 13.6. The molecular weight excluding hydrogens is 375 g/mol. The van der Waals surface area contributed by atoms with Crippen molar-refractivity contribution in [2.75, 3.05) is 45.7 Å². The summed E-state index contributed by atoms with van der Waals surface area (Å²) in [7, 11) is 3.83. The molecule has 7 heteroatoms. The van der Waals surface area contributed by atoms with Gasteiger partial charge in [-0.1, -0.05) is 12.1 Å². The van der Waals surface area contributed by atoms with Gasteiger partial charge in [0, 0.05) is 31.6 Å². The lowest BCUT2D eigenvalue weighted by molar-refractivity contribution is 0.216. The number of piperazine rings is 1. The van der Waals surface area contributed by atoms with Crippen LogP contribution in [0, 0.1) is 5.82 Å². The molecule has 3 aromatic rings. The highest BCUT2D eigenvalue weighted by atomic mass is 32.1. The van der Waals surface area contributed by atoms with Crippen molar-refractivity contribution in [2.24, 2.45) is 4.99 Å². The molecule has 2 aromatic carbocycles. The molecule has 0 bridgehead atoms. The van der Waals surface area contributed by atoms with Gasteiger partial charge in [0.15, 0.2) is 0 Å². The van der Waals surface area contributed by atoms with Crippen molar-refractivity contribution in [3.8, 4) is 5.75 Å². The third-order valence-corrected chi connectivity index (χ3v) is 6.49. The van der Waals surface area contributed by atoms with E-state index in [0.717, 1.165) is 64.1 Å². The minimum atomic E-state index is -0.273. The van der Waals surface area contributed by atoms with Gasteiger partial charge >= 0.3 is 0 Å². The molecule has 1 saturated heterocycles. The van der Waals surface area contributed by atoms with Gasteiger partial charge in [-0.3, -0.25) is 0 Å². The molecule has 0 amide bonds. The molecule has 2 aliphatic heterocycles. The standard InChI is InChI=1S/C21H21FN4OS/c1-25-8-10-26(11-9-25)20-18-14-4-3-5-17(27-2)19(14)28-21(18)24-16-12-13(22)6-7-15(16)23-20/h3-7,12,24H,8-11H2,1-2H3. The minimum Gasteiger partial charge on any atom is -0.495 e. The molecule has 1 fully saturated rings. The van der Waals surface area contributed by atoms with Gasteiger partial charge in [-0.15, -0.1) is 11.3 Å². The molecule has 1 aromatic heterocycles. The van der Waals surface area contributed by atoms with Gasteiger partial charge in [-0.05, 0) is 31.3 Å². The van der Waals surface area contributed by atoms with E-state index >= 15 is 0 Å². The summed E-state index contributed by atoms with van der Waals surface area (Å²) in [4.78, 5) is 9.67. The van der Waals surface area contributed by atoms with E-state index in [4.69, 9.17) is 9.73 Å². The number of rotatable bonds is 1. The van der Waals surface area contributed by atoms with Crippen LogP contribution in [0.4, 0.5) is 20.8 Å². The number of thiophene rings is 1. The van der Waals surface area contributed by atoms with Crippen LogP contribution in [-0.2, 0) is 0 Å². The third-order valence-electron chi connectivity index (χ3n) is 5.36.